The van der Waals surface area contributed by atoms with Crippen molar-refractivity contribution in [3.05, 3.63) is 23.8 Å². The minimum absolute atomic E-state index is 0.0277. The summed E-state index contributed by atoms with van der Waals surface area (Å²) < 4.78 is 69.4. The van der Waals surface area contributed by atoms with Crippen molar-refractivity contribution in [2.75, 3.05) is 32.1 Å². The number of hydrogen-bond acceptors (Lipinski definition) is 6. The molecule has 1 atom stereocenters. The molecule has 1 rings (SSSR count). The van der Waals surface area contributed by atoms with E-state index in [0.29, 0.717) is 31.9 Å². The number of phenolic OH excluding ortho intramolecular Hbond substituents is 1. The number of phenols is 1. The zero-order chi connectivity index (χ0) is 22.1. The highest BCUT2D eigenvalue weighted by molar-refractivity contribution is 8.31. The van der Waals surface area contributed by atoms with Crippen LogP contribution in [0.5, 0.6) is 5.75 Å². The Hall–Kier alpha value is -0.560. The number of halogens is 3. The maximum Gasteiger partial charge on any atom is 0.416 e. The molecule has 0 amide bonds. The van der Waals surface area contributed by atoms with Crippen LogP contribution in [0.1, 0.15) is 33.3 Å². The zero-order valence-corrected chi connectivity index (χ0v) is 19.5. The van der Waals surface area contributed by atoms with Crippen LogP contribution in [0, 0.1) is 0 Å². The summed E-state index contributed by atoms with van der Waals surface area (Å²) >= 11 is 0.850. The minimum atomic E-state index is -4.55. The van der Waals surface area contributed by atoms with E-state index in [-0.39, 0.29) is 23.4 Å². The summed E-state index contributed by atoms with van der Waals surface area (Å²) in [4.78, 5) is -0.0277. The molecule has 0 heterocycles. The molecule has 0 aromatic heterocycles. The molecule has 0 spiro atoms. The van der Waals surface area contributed by atoms with Gasteiger partial charge in [0.15, 0.2) is 6.29 Å². The normalized spacial score (nSPS) is 15.0. The molecule has 0 radical (unpaired) electrons. The Morgan fingerprint density at radius 2 is 1.79 bits per heavy atom. The van der Waals surface area contributed by atoms with Gasteiger partial charge in [-0.1, -0.05) is 26.9 Å². The van der Waals surface area contributed by atoms with Gasteiger partial charge in [-0.25, -0.2) is 0 Å². The molecule has 11 heteroatoms. The monoisotopic (exact) mass is 474 g/mol. The number of rotatable bonds is 12. The Morgan fingerprint density at radius 1 is 1.17 bits per heavy atom. The van der Waals surface area contributed by atoms with E-state index in [2.05, 4.69) is 0 Å². The van der Waals surface area contributed by atoms with Gasteiger partial charge >= 0.3 is 6.18 Å². The second-order valence-corrected chi connectivity index (χ2v) is 11.5. The Bertz CT molecular complexity index is 722. The molecule has 166 valence electrons. The van der Waals surface area contributed by atoms with Crippen LogP contribution >= 0.6 is 27.3 Å². The lowest BCUT2D eigenvalue weighted by molar-refractivity contribution is -0.137. The van der Waals surface area contributed by atoms with Crippen molar-refractivity contribution in [3.8, 4) is 5.75 Å². The predicted octanol–water partition coefficient (Wildman–Crippen LogP) is 6.27. The highest BCUT2D eigenvalue weighted by Crippen LogP contribution is 2.56. The third kappa shape index (κ3) is 8.23. The fourth-order valence-electron chi connectivity index (χ4n) is 2.25. The van der Waals surface area contributed by atoms with E-state index in [9.17, 15) is 22.8 Å². The minimum Gasteiger partial charge on any atom is -0.507 e. The van der Waals surface area contributed by atoms with Crippen molar-refractivity contribution < 1.29 is 36.8 Å². The van der Waals surface area contributed by atoms with Crippen LogP contribution < -0.4 is 0 Å². The predicted molar refractivity (Wildman–Crippen MR) is 113 cm³/mol. The summed E-state index contributed by atoms with van der Waals surface area (Å²) in [6.45, 7) is 8.08. The molecule has 5 nitrogen and oxygen atoms in total. The second-order valence-electron chi connectivity index (χ2n) is 5.65. The summed E-state index contributed by atoms with van der Waals surface area (Å²) in [5, 5.41) is 10.1. The Kier molecular flexibility index (Phi) is 11.3. The third-order valence-corrected chi connectivity index (χ3v) is 10.3. The average molecular weight is 474 g/mol. The fraction of sp³-hybridized carbons (Fsp3) is 0.611. The summed E-state index contributed by atoms with van der Waals surface area (Å²) in [7, 11) is -2.74. The molecule has 1 aromatic rings. The van der Waals surface area contributed by atoms with Crippen LogP contribution in [0.15, 0.2) is 23.1 Å². The lowest BCUT2D eigenvalue weighted by atomic mass is 10.2. The van der Waals surface area contributed by atoms with Crippen LogP contribution in [0.25, 0.3) is 0 Å². The molecule has 0 aliphatic rings. The number of hydrogen-bond donors (Lipinski definition) is 1. The van der Waals surface area contributed by atoms with Crippen LogP contribution in [0.3, 0.4) is 0 Å². The van der Waals surface area contributed by atoms with E-state index in [1.165, 1.54) is 0 Å². The lowest BCUT2D eigenvalue weighted by Crippen LogP contribution is -2.19. The molecule has 0 fully saturated rings. The van der Waals surface area contributed by atoms with Crippen molar-refractivity contribution in [1.29, 1.82) is 0 Å². The van der Waals surface area contributed by atoms with Crippen LogP contribution in [-0.4, -0.2) is 47.9 Å². The Morgan fingerprint density at radius 3 is 2.28 bits per heavy atom. The van der Waals surface area contributed by atoms with Crippen molar-refractivity contribution >= 4 is 31.7 Å². The van der Waals surface area contributed by atoms with E-state index >= 15 is 0 Å². The zero-order valence-electron chi connectivity index (χ0n) is 16.9. The first-order chi connectivity index (χ1) is 13.6. The number of aromatic hydroxyl groups is 1. The molecule has 0 saturated heterocycles. The molecule has 0 aliphatic carbocycles. The standard InChI is InChI=1S/C18H27F3O5P2S/c1-5-24-16(25-6-2)12-27-17(28(23,8-4)26-7-3)29-15-11-13(18(19,20)21)9-10-14(15)22/h9-11,16,22H,5-8,12H2,1-4H3. The molecular formula is C18H27F3O5P2S. The van der Waals surface area contributed by atoms with Gasteiger partial charge in [-0.15, -0.1) is 0 Å². The molecule has 0 bridgehead atoms. The first-order valence-corrected chi connectivity index (χ1v) is 12.9. The van der Waals surface area contributed by atoms with Gasteiger partial charge in [0.25, 0.3) is 0 Å². The van der Waals surface area contributed by atoms with Gasteiger partial charge in [0, 0.05) is 25.5 Å². The van der Waals surface area contributed by atoms with Crippen molar-refractivity contribution in [3.63, 3.8) is 0 Å². The average Bonchev–Trinajstić information content (AvgIpc) is 2.65. The van der Waals surface area contributed by atoms with Crippen LogP contribution in [0.2, 0.25) is 0 Å². The van der Waals surface area contributed by atoms with E-state index in [0.717, 1.165) is 30.0 Å². The smallest absolute Gasteiger partial charge is 0.416 e. The van der Waals surface area contributed by atoms with E-state index < -0.39 is 25.4 Å². The third-order valence-electron chi connectivity index (χ3n) is 3.61. The summed E-state index contributed by atoms with van der Waals surface area (Å²) in [6.07, 6.45) is -4.57. The van der Waals surface area contributed by atoms with Crippen LogP contribution in [-0.2, 0) is 24.7 Å². The highest BCUT2D eigenvalue weighted by Gasteiger charge is 2.33. The Balaban J connectivity index is 3.32. The van der Waals surface area contributed by atoms with Gasteiger partial charge < -0.3 is 19.1 Å². The van der Waals surface area contributed by atoms with Gasteiger partial charge in [-0.3, -0.25) is 4.57 Å². The van der Waals surface area contributed by atoms with Crippen molar-refractivity contribution in [2.45, 2.75) is 45.1 Å². The topological polar surface area (TPSA) is 65.0 Å². The van der Waals surface area contributed by atoms with E-state index in [1.807, 2.05) is 13.8 Å². The fourth-order valence-corrected chi connectivity index (χ4v) is 8.18. The second kappa shape index (κ2) is 12.3. The molecule has 1 aromatic carbocycles. The first-order valence-electron chi connectivity index (χ1n) is 9.21. The molecular weight excluding hydrogens is 447 g/mol. The largest absolute Gasteiger partial charge is 0.507 e. The number of ether oxygens (including phenoxy) is 2. The quantitative estimate of drug-likeness (QED) is 0.219. The maximum absolute atomic E-state index is 13.3. The molecule has 1 N–H and O–H groups in total. The van der Waals surface area contributed by atoms with Gasteiger partial charge in [-0.2, -0.15) is 13.2 Å². The summed E-state index contributed by atoms with van der Waals surface area (Å²) in [5.41, 5.74) is -0.891. The van der Waals surface area contributed by atoms with Gasteiger partial charge in [0.2, 0.25) is 7.37 Å². The molecule has 29 heavy (non-hydrogen) atoms. The molecule has 0 saturated carbocycles. The molecule has 0 aliphatic heterocycles. The van der Waals surface area contributed by atoms with Crippen molar-refractivity contribution in [1.82, 2.24) is 0 Å². The van der Waals surface area contributed by atoms with Gasteiger partial charge in [-0.05, 0) is 39.0 Å². The van der Waals surface area contributed by atoms with E-state index in [1.54, 1.807) is 13.8 Å². The lowest BCUT2D eigenvalue weighted by Gasteiger charge is -2.21. The Labute approximate surface area is 175 Å². The maximum atomic E-state index is 13.3. The summed E-state index contributed by atoms with van der Waals surface area (Å²) in [6, 6.07) is 2.64. The highest BCUT2D eigenvalue weighted by atomic mass is 32.2. The van der Waals surface area contributed by atoms with Gasteiger partial charge in [0.1, 0.15) is 5.75 Å². The number of alkyl halides is 3. The SMILES string of the molecule is CCOC(CP=C(Sc1cc(C(F)(F)F)ccc1O)P(=O)(CC)OCC)OCC. The van der Waals surface area contributed by atoms with Crippen molar-refractivity contribution in [2.24, 2.45) is 0 Å². The first kappa shape index (κ1) is 26.5. The van der Waals surface area contributed by atoms with Crippen LogP contribution in [0.4, 0.5) is 13.2 Å². The van der Waals surface area contributed by atoms with Gasteiger partial charge in [0.05, 0.1) is 21.4 Å². The molecule has 1 unspecified atom stereocenters. The van der Waals surface area contributed by atoms with E-state index in [4.69, 9.17) is 14.0 Å². The number of benzene rings is 1. The number of thioether (sulfide) groups is 1. The summed E-state index contributed by atoms with van der Waals surface area (Å²) in [5.74, 6) is -0.319.